The lowest BCUT2D eigenvalue weighted by molar-refractivity contribution is 0.0477. The summed E-state index contributed by atoms with van der Waals surface area (Å²) in [5.41, 5.74) is 2.90. The molecule has 1 aromatic heterocycles. The van der Waals surface area contributed by atoms with E-state index in [9.17, 15) is 0 Å². The average Bonchev–Trinajstić information content (AvgIpc) is 3.03. The van der Waals surface area contributed by atoms with E-state index in [0.717, 1.165) is 25.0 Å². The Morgan fingerprint density at radius 2 is 1.86 bits per heavy atom. The van der Waals surface area contributed by atoms with Crippen LogP contribution in [0.15, 0.2) is 41.1 Å². The van der Waals surface area contributed by atoms with Gasteiger partial charge in [0.2, 0.25) is 0 Å². The molecule has 0 radical (unpaired) electrons. The summed E-state index contributed by atoms with van der Waals surface area (Å²) in [7, 11) is 0. The third-order valence-electron chi connectivity index (χ3n) is 5.25. The van der Waals surface area contributed by atoms with Crippen molar-refractivity contribution in [2.24, 2.45) is 0 Å². The number of fused-ring (bicyclic) bond motifs is 1. The third kappa shape index (κ3) is 2.20. The summed E-state index contributed by atoms with van der Waals surface area (Å²) in [6.45, 7) is 2.44. The van der Waals surface area contributed by atoms with Crippen molar-refractivity contribution in [3.8, 4) is 0 Å². The Balaban J connectivity index is 1.76. The van der Waals surface area contributed by atoms with E-state index in [1.165, 1.54) is 43.5 Å². The van der Waals surface area contributed by atoms with E-state index in [4.69, 9.17) is 4.52 Å². The molecule has 3 nitrogen and oxygen atoms in total. The van der Waals surface area contributed by atoms with Crippen LogP contribution in [-0.2, 0) is 18.4 Å². The Hall–Kier alpha value is -1.61. The predicted molar refractivity (Wildman–Crippen MR) is 82.1 cm³/mol. The van der Waals surface area contributed by atoms with Gasteiger partial charge >= 0.3 is 0 Å². The molecule has 1 atom stereocenters. The van der Waals surface area contributed by atoms with Crippen molar-refractivity contribution < 1.29 is 4.52 Å². The maximum atomic E-state index is 5.40. The lowest BCUT2D eigenvalue weighted by atomic mass is 9.74. The fourth-order valence-electron chi connectivity index (χ4n) is 4.13. The topological polar surface area (TPSA) is 29.3 Å². The Morgan fingerprint density at radius 3 is 2.67 bits per heavy atom. The highest BCUT2D eigenvalue weighted by Gasteiger charge is 2.42. The van der Waals surface area contributed by atoms with Crippen LogP contribution in [0, 0.1) is 0 Å². The van der Waals surface area contributed by atoms with Crippen molar-refractivity contribution in [2.45, 2.75) is 44.1 Å². The van der Waals surface area contributed by atoms with E-state index in [-0.39, 0.29) is 5.54 Å². The standard InChI is InChI=1S/C18H22N2O/c1-3-7-16(8-4-1)18(20-11-5-2-6-12-20)10-9-17-15(13-18)14-19-21-17/h1,3-4,7-8,14H,2,5-6,9-13H2. The minimum atomic E-state index is 0.139. The molecule has 2 heterocycles. The van der Waals surface area contributed by atoms with Crippen LogP contribution >= 0.6 is 0 Å². The zero-order chi connectivity index (χ0) is 14.1. The van der Waals surface area contributed by atoms with Crippen LogP contribution in [0.5, 0.6) is 0 Å². The molecule has 0 bridgehead atoms. The number of hydrogen-bond donors (Lipinski definition) is 0. The first kappa shape index (κ1) is 13.1. The Bertz CT molecular complexity index is 601. The van der Waals surface area contributed by atoms with Crippen LogP contribution in [0.4, 0.5) is 0 Å². The monoisotopic (exact) mass is 282 g/mol. The van der Waals surface area contributed by atoms with Gasteiger partial charge in [-0.05, 0) is 37.9 Å². The van der Waals surface area contributed by atoms with Gasteiger partial charge in [-0.15, -0.1) is 0 Å². The van der Waals surface area contributed by atoms with E-state index in [0.29, 0.717) is 0 Å². The molecule has 0 amide bonds. The zero-order valence-corrected chi connectivity index (χ0v) is 12.4. The molecule has 4 rings (SSSR count). The number of benzene rings is 1. The number of likely N-dealkylation sites (tertiary alicyclic amines) is 1. The lowest BCUT2D eigenvalue weighted by Gasteiger charge is -2.48. The maximum Gasteiger partial charge on any atom is 0.140 e. The van der Waals surface area contributed by atoms with Gasteiger partial charge in [0.05, 0.1) is 11.7 Å². The fourth-order valence-corrected chi connectivity index (χ4v) is 4.13. The second-order valence-electron chi connectivity index (χ2n) is 6.40. The van der Waals surface area contributed by atoms with Gasteiger partial charge in [0.25, 0.3) is 0 Å². The molecule has 0 N–H and O–H groups in total. The predicted octanol–water partition coefficient (Wildman–Crippen LogP) is 3.54. The number of piperidine rings is 1. The van der Waals surface area contributed by atoms with Crippen LogP contribution in [-0.4, -0.2) is 23.1 Å². The molecule has 110 valence electrons. The summed E-state index contributed by atoms with van der Waals surface area (Å²) in [5, 5.41) is 4.01. The normalized spacial score (nSPS) is 26.5. The van der Waals surface area contributed by atoms with Crippen LogP contribution in [0.2, 0.25) is 0 Å². The van der Waals surface area contributed by atoms with Gasteiger partial charge in [-0.1, -0.05) is 41.9 Å². The van der Waals surface area contributed by atoms with Crippen LogP contribution in [0.1, 0.15) is 42.6 Å². The molecule has 1 unspecified atom stereocenters. The summed E-state index contributed by atoms with van der Waals surface area (Å²) < 4.78 is 5.40. The smallest absolute Gasteiger partial charge is 0.140 e. The van der Waals surface area contributed by atoms with Crippen LogP contribution in [0.3, 0.4) is 0 Å². The van der Waals surface area contributed by atoms with Gasteiger partial charge in [0.15, 0.2) is 0 Å². The number of aryl methyl sites for hydroxylation is 1. The molecule has 1 aromatic carbocycles. The van der Waals surface area contributed by atoms with Crippen molar-refractivity contribution >= 4 is 0 Å². The summed E-state index contributed by atoms with van der Waals surface area (Å²) in [6.07, 6.45) is 9.13. The number of aromatic nitrogens is 1. The Kier molecular flexibility index (Phi) is 3.30. The molecule has 1 saturated heterocycles. The van der Waals surface area contributed by atoms with Gasteiger partial charge in [0.1, 0.15) is 5.76 Å². The van der Waals surface area contributed by atoms with Crippen molar-refractivity contribution in [2.75, 3.05) is 13.1 Å². The van der Waals surface area contributed by atoms with Gasteiger partial charge in [-0.3, -0.25) is 4.90 Å². The molecule has 1 fully saturated rings. The quantitative estimate of drug-likeness (QED) is 0.843. The van der Waals surface area contributed by atoms with Gasteiger partial charge in [-0.2, -0.15) is 0 Å². The number of rotatable bonds is 2. The Morgan fingerprint density at radius 1 is 1.05 bits per heavy atom. The van der Waals surface area contributed by atoms with Crippen LogP contribution in [0.25, 0.3) is 0 Å². The first-order valence-corrected chi connectivity index (χ1v) is 8.11. The number of nitrogens with zero attached hydrogens (tertiary/aromatic N) is 2. The average molecular weight is 282 g/mol. The largest absolute Gasteiger partial charge is 0.361 e. The van der Waals surface area contributed by atoms with E-state index in [1.54, 1.807) is 0 Å². The Labute approximate surface area is 125 Å². The minimum absolute atomic E-state index is 0.139. The third-order valence-corrected chi connectivity index (χ3v) is 5.25. The van der Waals surface area contributed by atoms with E-state index in [2.05, 4.69) is 40.4 Å². The van der Waals surface area contributed by atoms with Crippen molar-refractivity contribution in [1.82, 2.24) is 10.1 Å². The highest BCUT2D eigenvalue weighted by molar-refractivity contribution is 5.32. The first-order chi connectivity index (χ1) is 10.4. The van der Waals surface area contributed by atoms with Crippen molar-refractivity contribution in [3.05, 3.63) is 53.4 Å². The summed E-state index contributed by atoms with van der Waals surface area (Å²) in [5.74, 6) is 1.10. The maximum absolute atomic E-state index is 5.40. The summed E-state index contributed by atoms with van der Waals surface area (Å²) >= 11 is 0. The lowest BCUT2D eigenvalue weighted by Crippen LogP contribution is -2.51. The first-order valence-electron chi connectivity index (χ1n) is 8.11. The van der Waals surface area contributed by atoms with Crippen molar-refractivity contribution in [1.29, 1.82) is 0 Å². The second-order valence-corrected chi connectivity index (χ2v) is 6.40. The number of hydrogen-bond acceptors (Lipinski definition) is 3. The highest BCUT2D eigenvalue weighted by atomic mass is 16.5. The summed E-state index contributed by atoms with van der Waals surface area (Å²) in [6, 6.07) is 11.1. The SMILES string of the molecule is c1ccc(C2(N3CCCCC3)CCc3oncc3C2)cc1. The zero-order valence-electron chi connectivity index (χ0n) is 12.4. The minimum Gasteiger partial charge on any atom is -0.361 e. The van der Waals surface area contributed by atoms with Crippen molar-refractivity contribution in [3.63, 3.8) is 0 Å². The molecular weight excluding hydrogens is 260 g/mol. The molecule has 21 heavy (non-hydrogen) atoms. The molecule has 2 aliphatic rings. The molecule has 3 heteroatoms. The second kappa shape index (κ2) is 5.30. The van der Waals surface area contributed by atoms with Gasteiger partial charge in [0, 0.05) is 18.4 Å². The molecule has 0 saturated carbocycles. The van der Waals surface area contributed by atoms with Gasteiger partial charge in [-0.25, -0.2) is 0 Å². The molecular formula is C18H22N2O. The van der Waals surface area contributed by atoms with E-state index in [1.807, 2.05) is 6.20 Å². The fraction of sp³-hybridized carbons (Fsp3) is 0.500. The molecule has 0 spiro atoms. The molecule has 2 aromatic rings. The molecule has 1 aliphatic heterocycles. The van der Waals surface area contributed by atoms with E-state index < -0.39 is 0 Å². The van der Waals surface area contributed by atoms with Crippen LogP contribution < -0.4 is 0 Å². The van der Waals surface area contributed by atoms with Gasteiger partial charge < -0.3 is 4.52 Å². The highest BCUT2D eigenvalue weighted by Crippen LogP contribution is 2.42. The summed E-state index contributed by atoms with van der Waals surface area (Å²) in [4.78, 5) is 2.72. The molecule has 1 aliphatic carbocycles. The van der Waals surface area contributed by atoms with E-state index >= 15 is 0 Å².